The SMILES string of the molecule is Nc1cccc(-c2nc3cc4c(S(=O)(=O)O)cc(O)cc4cc3s2)c1. The summed E-state index contributed by atoms with van der Waals surface area (Å²) in [6.45, 7) is 0. The molecule has 4 rings (SSSR count). The third-order valence-electron chi connectivity index (χ3n) is 3.82. The van der Waals surface area contributed by atoms with E-state index in [1.54, 1.807) is 18.2 Å². The first kappa shape index (κ1) is 15.8. The molecule has 4 aromatic rings. The lowest BCUT2D eigenvalue weighted by Gasteiger charge is -2.05. The van der Waals surface area contributed by atoms with E-state index >= 15 is 0 Å². The number of anilines is 1. The number of hydrogen-bond donors (Lipinski definition) is 3. The van der Waals surface area contributed by atoms with Gasteiger partial charge in [-0.25, -0.2) is 4.98 Å². The lowest BCUT2D eigenvalue weighted by molar-refractivity contribution is 0.468. The molecule has 0 bridgehead atoms. The molecule has 25 heavy (non-hydrogen) atoms. The smallest absolute Gasteiger partial charge is 0.295 e. The van der Waals surface area contributed by atoms with E-state index in [4.69, 9.17) is 5.73 Å². The van der Waals surface area contributed by atoms with Crippen molar-refractivity contribution in [2.75, 3.05) is 5.73 Å². The molecule has 0 saturated carbocycles. The van der Waals surface area contributed by atoms with E-state index in [0.717, 1.165) is 21.3 Å². The maximum atomic E-state index is 11.6. The molecule has 0 aliphatic rings. The summed E-state index contributed by atoms with van der Waals surface area (Å²) in [6.07, 6.45) is 0. The van der Waals surface area contributed by atoms with Crippen molar-refractivity contribution in [3.63, 3.8) is 0 Å². The Hall–Kier alpha value is -2.68. The molecule has 4 N–H and O–H groups in total. The van der Waals surface area contributed by atoms with Gasteiger partial charge in [-0.05, 0) is 35.7 Å². The Balaban J connectivity index is 2.01. The largest absolute Gasteiger partial charge is 0.508 e. The molecule has 0 fully saturated rings. The minimum atomic E-state index is -4.47. The Kier molecular flexibility index (Phi) is 3.43. The fourth-order valence-corrected chi connectivity index (χ4v) is 4.46. The van der Waals surface area contributed by atoms with Crippen LogP contribution in [-0.4, -0.2) is 23.1 Å². The van der Waals surface area contributed by atoms with Gasteiger partial charge in [-0.15, -0.1) is 11.3 Å². The van der Waals surface area contributed by atoms with Gasteiger partial charge < -0.3 is 10.8 Å². The lowest BCUT2D eigenvalue weighted by Crippen LogP contribution is -1.99. The van der Waals surface area contributed by atoms with Crippen molar-refractivity contribution >= 4 is 48.1 Å². The second-order valence-electron chi connectivity index (χ2n) is 5.60. The Bertz CT molecular complexity index is 1250. The molecule has 0 atom stereocenters. The molecular formula is C17H12N2O4S2. The van der Waals surface area contributed by atoms with Crippen LogP contribution in [0.3, 0.4) is 0 Å². The fourth-order valence-electron chi connectivity index (χ4n) is 2.74. The van der Waals surface area contributed by atoms with Crippen LogP contribution in [0.4, 0.5) is 5.69 Å². The zero-order valence-corrected chi connectivity index (χ0v) is 14.3. The first-order valence-electron chi connectivity index (χ1n) is 7.22. The average Bonchev–Trinajstić information content (AvgIpc) is 2.94. The van der Waals surface area contributed by atoms with Gasteiger partial charge in [0.25, 0.3) is 10.1 Å². The van der Waals surface area contributed by atoms with Gasteiger partial charge in [0.2, 0.25) is 0 Å². The van der Waals surface area contributed by atoms with E-state index in [1.807, 2.05) is 18.2 Å². The Morgan fingerprint density at radius 3 is 2.60 bits per heavy atom. The van der Waals surface area contributed by atoms with Gasteiger partial charge in [-0.3, -0.25) is 4.55 Å². The van der Waals surface area contributed by atoms with Crippen LogP contribution in [0, 0.1) is 0 Å². The zero-order chi connectivity index (χ0) is 17.8. The van der Waals surface area contributed by atoms with E-state index in [9.17, 15) is 18.1 Å². The van der Waals surface area contributed by atoms with Crippen LogP contribution in [0.2, 0.25) is 0 Å². The summed E-state index contributed by atoms with van der Waals surface area (Å²) >= 11 is 1.43. The van der Waals surface area contributed by atoms with Crippen LogP contribution in [0.5, 0.6) is 5.75 Å². The summed E-state index contributed by atoms with van der Waals surface area (Å²) in [5.41, 5.74) is 7.90. The predicted molar refractivity (Wildman–Crippen MR) is 98.5 cm³/mol. The van der Waals surface area contributed by atoms with E-state index in [-0.39, 0.29) is 10.6 Å². The zero-order valence-electron chi connectivity index (χ0n) is 12.7. The van der Waals surface area contributed by atoms with Crippen LogP contribution in [-0.2, 0) is 10.1 Å². The molecule has 0 aliphatic carbocycles. The van der Waals surface area contributed by atoms with Gasteiger partial charge in [-0.2, -0.15) is 8.42 Å². The molecule has 0 spiro atoms. The lowest BCUT2D eigenvalue weighted by atomic mass is 10.1. The topological polar surface area (TPSA) is 114 Å². The summed E-state index contributed by atoms with van der Waals surface area (Å²) in [5.74, 6) is -0.236. The number of nitrogens with two attached hydrogens (primary N) is 1. The van der Waals surface area contributed by atoms with Crippen LogP contribution in [0.25, 0.3) is 31.6 Å². The van der Waals surface area contributed by atoms with Crippen LogP contribution in [0.15, 0.2) is 53.4 Å². The summed E-state index contributed by atoms with van der Waals surface area (Å²) in [4.78, 5) is 4.20. The highest BCUT2D eigenvalue weighted by Crippen LogP contribution is 2.36. The molecule has 6 nitrogen and oxygen atoms in total. The molecule has 0 radical (unpaired) electrons. The molecule has 8 heteroatoms. The van der Waals surface area contributed by atoms with Crippen LogP contribution in [0.1, 0.15) is 0 Å². The van der Waals surface area contributed by atoms with Gasteiger partial charge >= 0.3 is 0 Å². The standard InChI is InChI=1S/C17H12N2O4S2/c18-11-3-1-2-9(4-11)17-19-14-8-13-10(6-15(14)24-17)5-12(20)7-16(13)25(21,22)23/h1-8,20H,18H2,(H,21,22,23). The minimum absolute atomic E-state index is 0.236. The highest BCUT2D eigenvalue weighted by Gasteiger charge is 2.17. The summed E-state index contributed by atoms with van der Waals surface area (Å²) < 4.78 is 33.5. The quantitative estimate of drug-likeness (QED) is 0.366. The van der Waals surface area contributed by atoms with Gasteiger partial charge in [0, 0.05) is 22.7 Å². The Morgan fingerprint density at radius 1 is 1.08 bits per heavy atom. The first-order chi connectivity index (χ1) is 11.8. The molecule has 0 unspecified atom stereocenters. The molecule has 1 heterocycles. The summed E-state index contributed by atoms with van der Waals surface area (Å²) in [7, 11) is -4.47. The third-order valence-corrected chi connectivity index (χ3v) is 5.78. The third kappa shape index (κ3) is 2.80. The molecule has 0 aliphatic heterocycles. The number of benzene rings is 3. The van der Waals surface area contributed by atoms with Gasteiger partial charge in [0.1, 0.15) is 15.7 Å². The van der Waals surface area contributed by atoms with Crippen LogP contribution < -0.4 is 5.73 Å². The van der Waals surface area contributed by atoms with E-state index in [2.05, 4.69) is 4.98 Å². The predicted octanol–water partition coefficient (Wildman–Crippen LogP) is 3.65. The number of fused-ring (bicyclic) bond motifs is 2. The molecule has 3 aromatic carbocycles. The molecular weight excluding hydrogens is 360 g/mol. The van der Waals surface area contributed by atoms with Crippen molar-refractivity contribution in [3.05, 3.63) is 48.5 Å². The van der Waals surface area contributed by atoms with Crippen molar-refractivity contribution in [3.8, 4) is 16.3 Å². The number of aromatic nitrogens is 1. The van der Waals surface area contributed by atoms with Gasteiger partial charge in [0.05, 0.1) is 10.2 Å². The van der Waals surface area contributed by atoms with E-state index < -0.39 is 10.1 Å². The van der Waals surface area contributed by atoms with Gasteiger partial charge in [-0.1, -0.05) is 12.1 Å². The number of thiazole rings is 1. The normalized spacial score (nSPS) is 12.0. The number of hydrogen-bond acceptors (Lipinski definition) is 6. The van der Waals surface area contributed by atoms with Crippen molar-refractivity contribution in [2.24, 2.45) is 0 Å². The fraction of sp³-hybridized carbons (Fsp3) is 0. The highest BCUT2D eigenvalue weighted by molar-refractivity contribution is 7.86. The molecule has 0 saturated heterocycles. The van der Waals surface area contributed by atoms with Crippen molar-refractivity contribution in [1.82, 2.24) is 4.98 Å². The number of nitrogen functional groups attached to an aromatic ring is 1. The monoisotopic (exact) mass is 372 g/mol. The highest BCUT2D eigenvalue weighted by atomic mass is 32.2. The Morgan fingerprint density at radius 2 is 1.88 bits per heavy atom. The summed E-state index contributed by atoms with van der Waals surface area (Å²) in [5, 5.41) is 11.3. The molecule has 126 valence electrons. The van der Waals surface area contributed by atoms with Crippen molar-refractivity contribution < 1.29 is 18.1 Å². The number of nitrogens with zero attached hydrogens (tertiary/aromatic N) is 1. The van der Waals surface area contributed by atoms with Crippen molar-refractivity contribution in [1.29, 1.82) is 0 Å². The summed E-state index contributed by atoms with van der Waals surface area (Å²) in [6, 6.07) is 13.1. The number of aromatic hydroxyl groups is 1. The first-order valence-corrected chi connectivity index (χ1v) is 9.48. The number of rotatable bonds is 2. The van der Waals surface area contributed by atoms with E-state index in [0.29, 0.717) is 22.0 Å². The second-order valence-corrected chi connectivity index (χ2v) is 8.03. The minimum Gasteiger partial charge on any atom is -0.508 e. The van der Waals surface area contributed by atoms with Crippen LogP contribution >= 0.6 is 11.3 Å². The maximum Gasteiger partial charge on any atom is 0.295 e. The molecule has 1 aromatic heterocycles. The van der Waals surface area contributed by atoms with E-state index in [1.165, 1.54) is 17.4 Å². The van der Waals surface area contributed by atoms with Crippen molar-refractivity contribution in [2.45, 2.75) is 4.90 Å². The molecule has 0 amide bonds. The average molecular weight is 372 g/mol. The number of phenolic OH excluding ortho intramolecular Hbond substituents is 1. The maximum absolute atomic E-state index is 11.6. The second kappa shape index (κ2) is 5.41. The van der Waals surface area contributed by atoms with Gasteiger partial charge in [0.15, 0.2) is 0 Å². The Labute approximate surface area is 146 Å². The number of phenols is 1.